The lowest BCUT2D eigenvalue weighted by atomic mass is 10.0. The summed E-state index contributed by atoms with van der Waals surface area (Å²) in [5.74, 6) is -1.92. The van der Waals surface area contributed by atoms with Gasteiger partial charge in [0.2, 0.25) is 5.88 Å². The van der Waals surface area contributed by atoms with Gasteiger partial charge in [-0.3, -0.25) is 9.36 Å². The molecule has 170 valence electrons. The van der Waals surface area contributed by atoms with Crippen LogP contribution in [-0.2, 0) is 19.6 Å². The van der Waals surface area contributed by atoms with Crippen LogP contribution in [0.3, 0.4) is 0 Å². The molecule has 3 aromatic heterocycles. The van der Waals surface area contributed by atoms with E-state index in [1.807, 2.05) is 6.92 Å². The number of hydrogen-bond acceptors (Lipinski definition) is 7. The molecule has 0 aromatic carbocycles. The van der Waals surface area contributed by atoms with Crippen molar-refractivity contribution in [2.45, 2.75) is 53.4 Å². The summed E-state index contributed by atoms with van der Waals surface area (Å²) in [7, 11) is 0. The summed E-state index contributed by atoms with van der Waals surface area (Å²) in [4.78, 5) is 33.8. The fourth-order valence-electron chi connectivity index (χ4n) is 3.14. The minimum absolute atomic E-state index is 0.0618. The standard InChI is InChI=1S/C21H23ClFN5O4/c1-5-27-17(10-29)26-28(21(27)31)19-15(23)8-14(20(25-19)32-11(2)3)16(30)7-13-6-12(4)9-24-18(13)22/h6,8-9,11,29H,5,7,10H2,1-4H3. The largest absolute Gasteiger partial charge is 0.474 e. The first-order valence-electron chi connectivity index (χ1n) is 9.97. The van der Waals surface area contributed by atoms with E-state index in [1.165, 1.54) is 4.57 Å². The fourth-order valence-corrected chi connectivity index (χ4v) is 3.31. The maximum absolute atomic E-state index is 15.0. The van der Waals surface area contributed by atoms with E-state index in [9.17, 15) is 14.7 Å². The van der Waals surface area contributed by atoms with Crippen molar-refractivity contribution in [1.82, 2.24) is 24.3 Å². The van der Waals surface area contributed by atoms with Gasteiger partial charge in [0.1, 0.15) is 11.8 Å². The first-order chi connectivity index (χ1) is 15.2. The molecule has 0 aliphatic heterocycles. The van der Waals surface area contributed by atoms with Gasteiger partial charge < -0.3 is 9.84 Å². The summed E-state index contributed by atoms with van der Waals surface area (Å²) in [5, 5.41) is 13.6. The van der Waals surface area contributed by atoms with E-state index in [1.54, 1.807) is 33.0 Å². The molecule has 0 spiro atoms. The quantitative estimate of drug-likeness (QED) is 0.403. The molecule has 3 aromatic rings. The number of carbonyl (C=O) groups is 1. The van der Waals surface area contributed by atoms with Crippen molar-refractivity contribution in [2.24, 2.45) is 0 Å². The molecule has 0 atom stereocenters. The van der Waals surface area contributed by atoms with E-state index in [4.69, 9.17) is 16.3 Å². The Morgan fingerprint density at radius 1 is 1.34 bits per heavy atom. The minimum Gasteiger partial charge on any atom is -0.474 e. The maximum atomic E-state index is 15.0. The second-order valence-corrected chi connectivity index (χ2v) is 7.75. The van der Waals surface area contributed by atoms with E-state index in [-0.39, 0.29) is 41.5 Å². The van der Waals surface area contributed by atoms with Crippen molar-refractivity contribution in [2.75, 3.05) is 0 Å². The number of nitrogens with zero attached hydrogens (tertiary/aromatic N) is 5. The molecule has 1 N–H and O–H groups in total. The molecule has 11 heteroatoms. The smallest absolute Gasteiger partial charge is 0.352 e. The van der Waals surface area contributed by atoms with Crippen molar-refractivity contribution in [3.63, 3.8) is 0 Å². The normalized spacial score (nSPS) is 11.2. The second-order valence-electron chi connectivity index (χ2n) is 7.39. The zero-order valence-electron chi connectivity index (χ0n) is 18.1. The van der Waals surface area contributed by atoms with Crippen LogP contribution in [0.2, 0.25) is 5.15 Å². The van der Waals surface area contributed by atoms with Crippen LogP contribution >= 0.6 is 11.6 Å². The van der Waals surface area contributed by atoms with Gasteiger partial charge in [-0.25, -0.2) is 14.2 Å². The summed E-state index contributed by atoms with van der Waals surface area (Å²) in [6, 6.07) is 2.69. The van der Waals surface area contributed by atoms with Gasteiger partial charge >= 0.3 is 5.69 Å². The molecular formula is C21H23ClFN5O4. The van der Waals surface area contributed by atoms with Gasteiger partial charge in [0, 0.05) is 19.2 Å². The highest BCUT2D eigenvalue weighted by Gasteiger charge is 2.24. The van der Waals surface area contributed by atoms with Crippen LogP contribution in [0.15, 0.2) is 23.1 Å². The fraction of sp³-hybridized carbons (Fsp3) is 0.381. The Hall–Kier alpha value is -3.11. The number of halogens is 2. The number of ketones is 1. The summed E-state index contributed by atoms with van der Waals surface area (Å²) in [5.41, 5.74) is 0.543. The number of carbonyl (C=O) groups excluding carboxylic acids is 1. The van der Waals surface area contributed by atoms with Gasteiger partial charge in [-0.05, 0) is 44.9 Å². The van der Waals surface area contributed by atoms with Crippen LogP contribution in [-0.4, -0.2) is 41.3 Å². The van der Waals surface area contributed by atoms with Crippen molar-refractivity contribution in [1.29, 1.82) is 0 Å². The van der Waals surface area contributed by atoms with Crippen LogP contribution in [0.1, 0.15) is 48.1 Å². The maximum Gasteiger partial charge on any atom is 0.352 e. The monoisotopic (exact) mass is 463 g/mol. The van der Waals surface area contributed by atoms with Crippen LogP contribution in [0.4, 0.5) is 4.39 Å². The molecule has 0 saturated heterocycles. The molecule has 9 nitrogen and oxygen atoms in total. The molecule has 32 heavy (non-hydrogen) atoms. The number of rotatable bonds is 8. The first kappa shape index (κ1) is 23.6. The van der Waals surface area contributed by atoms with Gasteiger partial charge in [0.15, 0.2) is 23.2 Å². The number of hydrogen-bond donors (Lipinski definition) is 1. The average molecular weight is 464 g/mol. The van der Waals surface area contributed by atoms with Crippen LogP contribution in [0.5, 0.6) is 5.88 Å². The molecule has 0 fully saturated rings. The molecule has 0 bridgehead atoms. The predicted octanol–water partition coefficient (Wildman–Crippen LogP) is 2.65. The number of aliphatic hydroxyl groups excluding tert-OH is 1. The minimum atomic E-state index is -0.940. The highest BCUT2D eigenvalue weighted by atomic mass is 35.5. The van der Waals surface area contributed by atoms with Crippen molar-refractivity contribution >= 4 is 17.4 Å². The van der Waals surface area contributed by atoms with Gasteiger partial charge in [-0.1, -0.05) is 17.7 Å². The lowest BCUT2D eigenvalue weighted by Crippen LogP contribution is -2.26. The molecule has 3 heterocycles. The number of ether oxygens (including phenoxy) is 1. The van der Waals surface area contributed by atoms with E-state index < -0.39 is 29.7 Å². The van der Waals surface area contributed by atoms with Crippen molar-refractivity contribution in [3.05, 3.63) is 62.3 Å². The lowest BCUT2D eigenvalue weighted by Gasteiger charge is -2.14. The Morgan fingerprint density at radius 2 is 2.06 bits per heavy atom. The highest BCUT2D eigenvalue weighted by Crippen LogP contribution is 2.25. The summed E-state index contributed by atoms with van der Waals surface area (Å²) in [6.45, 7) is 6.68. The lowest BCUT2D eigenvalue weighted by molar-refractivity contribution is 0.0985. The molecule has 0 unspecified atom stereocenters. The molecule has 3 rings (SSSR count). The zero-order valence-corrected chi connectivity index (χ0v) is 18.9. The molecule has 0 aliphatic rings. The molecule has 0 amide bonds. The van der Waals surface area contributed by atoms with E-state index in [0.717, 1.165) is 16.3 Å². The van der Waals surface area contributed by atoms with E-state index in [0.29, 0.717) is 5.56 Å². The third kappa shape index (κ3) is 4.71. The molecular weight excluding hydrogens is 441 g/mol. The Morgan fingerprint density at radius 3 is 2.66 bits per heavy atom. The number of aromatic nitrogens is 5. The van der Waals surface area contributed by atoms with Gasteiger partial charge in [0.05, 0.1) is 11.7 Å². The van der Waals surface area contributed by atoms with Gasteiger partial charge in [0.25, 0.3) is 0 Å². The summed E-state index contributed by atoms with van der Waals surface area (Å²) >= 11 is 6.10. The van der Waals surface area contributed by atoms with E-state index >= 15 is 4.39 Å². The second kappa shape index (κ2) is 9.58. The highest BCUT2D eigenvalue weighted by molar-refractivity contribution is 6.30. The Bertz CT molecular complexity index is 1220. The number of aliphatic hydroxyl groups is 1. The van der Waals surface area contributed by atoms with Crippen molar-refractivity contribution in [3.8, 4) is 11.7 Å². The zero-order chi connectivity index (χ0) is 23.6. The van der Waals surface area contributed by atoms with Crippen LogP contribution in [0, 0.1) is 12.7 Å². The topological polar surface area (TPSA) is 112 Å². The van der Waals surface area contributed by atoms with Gasteiger partial charge in [-0.2, -0.15) is 9.67 Å². The Kier molecular flexibility index (Phi) is 7.05. The number of Topliss-reactive ketones (excluding diaryl/α,β-unsaturated/α-hetero) is 1. The number of pyridine rings is 2. The summed E-state index contributed by atoms with van der Waals surface area (Å²) < 4.78 is 22.6. The predicted molar refractivity (Wildman–Crippen MR) is 115 cm³/mol. The number of aryl methyl sites for hydroxylation is 1. The summed E-state index contributed by atoms with van der Waals surface area (Å²) in [6.07, 6.45) is 1.06. The molecule has 0 saturated carbocycles. The van der Waals surface area contributed by atoms with Crippen LogP contribution < -0.4 is 10.4 Å². The third-order valence-electron chi connectivity index (χ3n) is 4.57. The SMILES string of the molecule is CCn1c(CO)nn(-c2nc(OC(C)C)c(C(=O)Cc3cc(C)cnc3Cl)cc2F)c1=O. The first-order valence-corrected chi connectivity index (χ1v) is 10.3. The Balaban J connectivity index is 2.10. The average Bonchev–Trinajstić information content (AvgIpc) is 3.06. The molecule has 0 aliphatic carbocycles. The van der Waals surface area contributed by atoms with Crippen molar-refractivity contribution < 1.29 is 19.0 Å². The van der Waals surface area contributed by atoms with Gasteiger partial charge in [-0.15, -0.1) is 5.10 Å². The Labute approximate surface area is 188 Å². The molecule has 0 radical (unpaired) electrons. The third-order valence-corrected chi connectivity index (χ3v) is 4.91. The van der Waals surface area contributed by atoms with Crippen LogP contribution in [0.25, 0.3) is 5.82 Å². The van der Waals surface area contributed by atoms with E-state index in [2.05, 4.69) is 15.1 Å².